The van der Waals surface area contributed by atoms with Crippen molar-refractivity contribution in [2.75, 3.05) is 26.7 Å². The number of rotatable bonds is 3. The minimum atomic E-state index is -4.77. The third-order valence-corrected chi connectivity index (χ3v) is 3.77. The van der Waals surface area contributed by atoms with E-state index in [0.717, 1.165) is 0 Å². The summed E-state index contributed by atoms with van der Waals surface area (Å²) in [7, 11) is -2.38. The Balaban J connectivity index is 0.000000191. The molecule has 0 spiro atoms. The highest BCUT2D eigenvalue weighted by Gasteiger charge is 2.24. The minimum absolute atomic E-state index is 0.135. The first-order valence-electron chi connectivity index (χ1n) is 6.39. The first kappa shape index (κ1) is 16.0. The summed E-state index contributed by atoms with van der Waals surface area (Å²) in [4.78, 5) is 3.20. The molecule has 0 amide bonds. The van der Waals surface area contributed by atoms with Crippen LogP contribution in [0.25, 0.3) is 0 Å². The van der Waals surface area contributed by atoms with Gasteiger partial charge >= 0.3 is 10.2 Å². The molecular formula is C11H21FN4O2S. The van der Waals surface area contributed by atoms with Crippen molar-refractivity contribution >= 4 is 10.2 Å². The van der Waals surface area contributed by atoms with Gasteiger partial charge in [-0.1, -0.05) is 10.8 Å². The number of aromatic nitrogens is 3. The molecule has 6 nitrogen and oxygen atoms in total. The van der Waals surface area contributed by atoms with Crippen molar-refractivity contribution in [3.63, 3.8) is 0 Å². The summed E-state index contributed by atoms with van der Waals surface area (Å²) in [5.74, 6) is 0.135. The van der Waals surface area contributed by atoms with E-state index in [4.69, 9.17) is 0 Å². The van der Waals surface area contributed by atoms with Crippen LogP contribution in [0.15, 0.2) is 5.16 Å². The lowest BCUT2D eigenvalue weighted by Crippen LogP contribution is -2.41. The SMILES string of the molecule is CCC[N+]1(C)CCCC1.Cc1nnc(S(=O)(=O)F)[n-]1. The molecule has 0 unspecified atom stereocenters. The molecule has 19 heavy (non-hydrogen) atoms. The molecule has 2 rings (SSSR count). The fraction of sp³-hybridized carbons (Fsp3) is 0.818. The van der Waals surface area contributed by atoms with Gasteiger partial charge in [0.25, 0.3) is 0 Å². The second kappa shape index (κ2) is 6.42. The van der Waals surface area contributed by atoms with Gasteiger partial charge in [0.2, 0.25) is 0 Å². The van der Waals surface area contributed by atoms with Crippen LogP contribution in [0.5, 0.6) is 0 Å². The van der Waals surface area contributed by atoms with Crippen molar-refractivity contribution in [2.45, 2.75) is 38.3 Å². The zero-order valence-electron chi connectivity index (χ0n) is 11.6. The van der Waals surface area contributed by atoms with Crippen molar-refractivity contribution < 1.29 is 16.8 Å². The quantitative estimate of drug-likeness (QED) is 0.614. The molecule has 0 radical (unpaired) electrons. The van der Waals surface area contributed by atoms with Crippen molar-refractivity contribution in [1.29, 1.82) is 0 Å². The maximum atomic E-state index is 11.9. The summed E-state index contributed by atoms with van der Waals surface area (Å²) in [6.45, 7) is 7.94. The molecule has 8 heteroatoms. The van der Waals surface area contributed by atoms with Crippen molar-refractivity contribution in [2.24, 2.45) is 0 Å². The number of quaternary nitrogens is 1. The summed E-state index contributed by atoms with van der Waals surface area (Å²) in [5, 5.41) is 5.30. The predicted molar refractivity (Wildman–Crippen MR) is 68.7 cm³/mol. The topological polar surface area (TPSA) is 74.0 Å². The van der Waals surface area contributed by atoms with E-state index in [9.17, 15) is 12.3 Å². The van der Waals surface area contributed by atoms with E-state index in [1.165, 1.54) is 50.3 Å². The Bertz CT molecular complexity index is 495. The Morgan fingerprint density at radius 3 is 2.21 bits per heavy atom. The van der Waals surface area contributed by atoms with Gasteiger partial charge in [-0.3, -0.25) is 0 Å². The number of likely N-dealkylation sites (tertiary alicyclic amines) is 1. The normalized spacial score (nSPS) is 17.9. The Hall–Kier alpha value is -1.02. The molecule has 110 valence electrons. The van der Waals surface area contributed by atoms with Crippen LogP contribution in [0.3, 0.4) is 0 Å². The van der Waals surface area contributed by atoms with Crippen molar-refractivity contribution in [3.8, 4) is 0 Å². The van der Waals surface area contributed by atoms with E-state index in [1.54, 1.807) is 0 Å². The summed E-state index contributed by atoms with van der Waals surface area (Å²) in [5.41, 5.74) is 0. The summed E-state index contributed by atoms with van der Waals surface area (Å²) < 4.78 is 33.3. The molecule has 1 aromatic heterocycles. The Morgan fingerprint density at radius 2 is 1.89 bits per heavy atom. The lowest BCUT2D eigenvalue weighted by molar-refractivity contribution is -0.897. The van der Waals surface area contributed by atoms with E-state index in [0.29, 0.717) is 0 Å². The molecule has 1 saturated heterocycles. The van der Waals surface area contributed by atoms with Crippen molar-refractivity contribution in [1.82, 2.24) is 15.2 Å². The number of nitrogens with zero attached hydrogens (tertiary/aromatic N) is 4. The molecular weight excluding hydrogens is 271 g/mol. The number of aryl methyl sites for hydroxylation is 1. The van der Waals surface area contributed by atoms with Gasteiger partial charge in [-0.25, -0.2) is 0 Å². The highest BCUT2D eigenvalue weighted by Crippen LogP contribution is 2.15. The number of halogens is 1. The summed E-state index contributed by atoms with van der Waals surface area (Å²) in [6.07, 6.45) is 4.25. The van der Waals surface area contributed by atoms with Crippen LogP contribution in [0.4, 0.5) is 3.89 Å². The van der Waals surface area contributed by atoms with Crippen LogP contribution in [0.1, 0.15) is 32.0 Å². The summed E-state index contributed by atoms with van der Waals surface area (Å²) in [6, 6.07) is 0. The fourth-order valence-electron chi connectivity index (χ4n) is 2.26. The number of hydrogen-bond donors (Lipinski definition) is 0. The van der Waals surface area contributed by atoms with Crippen LogP contribution in [0.2, 0.25) is 0 Å². The Morgan fingerprint density at radius 1 is 1.32 bits per heavy atom. The monoisotopic (exact) mass is 292 g/mol. The molecule has 1 fully saturated rings. The van der Waals surface area contributed by atoms with Crippen LogP contribution < -0.4 is 4.98 Å². The highest BCUT2D eigenvalue weighted by molar-refractivity contribution is 7.86. The van der Waals surface area contributed by atoms with Gasteiger partial charge in [0.1, 0.15) is 5.16 Å². The van der Waals surface area contributed by atoms with E-state index in [1.807, 2.05) is 0 Å². The van der Waals surface area contributed by atoms with Gasteiger partial charge in [0.05, 0.1) is 26.7 Å². The molecule has 1 aliphatic rings. The number of hydrogen-bond acceptors (Lipinski definition) is 4. The molecule has 0 bridgehead atoms. The highest BCUT2D eigenvalue weighted by atomic mass is 32.3. The molecule has 0 N–H and O–H groups in total. The Labute approximate surface area is 113 Å². The third kappa shape index (κ3) is 5.23. The first-order chi connectivity index (χ1) is 8.77. The molecule has 1 aliphatic heterocycles. The van der Waals surface area contributed by atoms with Crippen LogP contribution >= 0.6 is 0 Å². The average Bonchev–Trinajstić information content (AvgIpc) is 2.88. The van der Waals surface area contributed by atoms with Crippen LogP contribution in [-0.4, -0.2) is 49.8 Å². The maximum absolute atomic E-state index is 11.9. The first-order valence-corrected chi connectivity index (χ1v) is 7.77. The largest absolute Gasteiger partial charge is 0.353 e. The third-order valence-electron chi connectivity index (χ3n) is 3.17. The predicted octanol–water partition coefficient (Wildman–Crippen LogP) is 1.04. The Kier molecular flexibility index (Phi) is 5.42. The van der Waals surface area contributed by atoms with Gasteiger partial charge in [0, 0.05) is 12.8 Å². The summed E-state index contributed by atoms with van der Waals surface area (Å²) >= 11 is 0. The van der Waals surface area contributed by atoms with Crippen molar-refractivity contribution in [3.05, 3.63) is 5.82 Å². The van der Waals surface area contributed by atoms with Gasteiger partial charge < -0.3 is 19.7 Å². The van der Waals surface area contributed by atoms with Crippen LogP contribution in [0, 0.1) is 6.92 Å². The zero-order valence-corrected chi connectivity index (χ0v) is 12.5. The van der Waals surface area contributed by atoms with Crippen LogP contribution in [-0.2, 0) is 10.2 Å². The van der Waals surface area contributed by atoms with Gasteiger partial charge in [-0.05, 0) is 19.2 Å². The minimum Gasteiger partial charge on any atom is -0.353 e. The smallest absolute Gasteiger partial charge is 0.337 e. The standard InChI is InChI=1S/C8H18N.C3H3FN3O2S/c1-3-6-9(2)7-4-5-8-9;1-2-5-3(7-6-2)10(4,8)9/h3-8H2,1-2H3;1H3/q+1;-1. The van der Waals surface area contributed by atoms with Gasteiger partial charge in [-0.2, -0.15) is 8.42 Å². The van der Waals surface area contributed by atoms with Gasteiger partial charge in [-0.15, -0.1) is 0 Å². The zero-order chi connectivity index (χ0) is 14.5. The van der Waals surface area contributed by atoms with E-state index >= 15 is 0 Å². The van der Waals surface area contributed by atoms with E-state index in [2.05, 4.69) is 29.2 Å². The van der Waals surface area contributed by atoms with E-state index < -0.39 is 15.4 Å². The van der Waals surface area contributed by atoms with Gasteiger partial charge in [0.15, 0.2) is 0 Å². The lowest BCUT2D eigenvalue weighted by Gasteiger charge is -2.28. The molecule has 2 heterocycles. The molecule has 0 saturated carbocycles. The second-order valence-electron chi connectivity index (χ2n) is 5.08. The lowest BCUT2D eigenvalue weighted by atomic mass is 10.4. The second-order valence-corrected chi connectivity index (χ2v) is 6.32. The molecule has 1 aromatic rings. The average molecular weight is 292 g/mol. The molecule has 0 aliphatic carbocycles. The molecule has 0 aromatic carbocycles. The van der Waals surface area contributed by atoms with E-state index in [-0.39, 0.29) is 5.82 Å². The molecule has 0 atom stereocenters. The maximum Gasteiger partial charge on any atom is 0.337 e. The fourth-order valence-corrected chi connectivity index (χ4v) is 2.64.